The maximum atomic E-state index is 12.0. The van der Waals surface area contributed by atoms with E-state index in [-0.39, 0.29) is 5.91 Å². The van der Waals surface area contributed by atoms with Crippen LogP contribution >= 0.6 is 27.5 Å². The average molecular weight is 444 g/mol. The zero-order valence-corrected chi connectivity index (χ0v) is 16.6. The fourth-order valence-electron chi connectivity index (χ4n) is 2.23. The summed E-state index contributed by atoms with van der Waals surface area (Å²) in [4.78, 5) is 12.0. The van der Waals surface area contributed by atoms with Crippen LogP contribution in [0.25, 0.3) is 0 Å². The number of amides is 1. The van der Waals surface area contributed by atoms with Crippen LogP contribution in [0.3, 0.4) is 0 Å². The van der Waals surface area contributed by atoms with Crippen molar-refractivity contribution in [2.75, 3.05) is 0 Å². The van der Waals surface area contributed by atoms with Crippen molar-refractivity contribution in [3.63, 3.8) is 0 Å². The van der Waals surface area contributed by atoms with Gasteiger partial charge in [0.05, 0.1) is 6.21 Å². The van der Waals surface area contributed by atoms with Gasteiger partial charge < -0.3 is 4.74 Å². The Morgan fingerprint density at radius 3 is 2.33 bits per heavy atom. The fraction of sp³-hybridized carbons (Fsp3) is 0.0476. The van der Waals surface area contributed by atoms with Gasteiger partial charge in [-0.2, -0.15) is 5.10 Å². The molecule has 6 heteroatoms. The van der Waals surface area contributed by atoms with E-state index in [0.29, 0.717) is 17.2 Å². The highest BCUT2D eigenvalue weighted by molar-refractivity contribution is 9.10. The normalized spacial score (nSPS) is 10.7. The van der Waals surface area contributed by atoms with E-state index < -0.39 is 0 Å². The number of nitrogens with zero attached hydrogens (tertiary/aromatic N) is 1. The Morgan fingerprint density at radius 2 is 1.67 bits per heavy atom. The van der Waals surface area contributed by atoms with Gasteiger partial charge in [0.2, 0.25) is 0 Å². The average Bonchev–Trinajstić information content (AvgIpc) is 2.69. The van der Waals surface area contributed by atoms with Crippen molar-refractivity contribution in [2.24, 2.45) is 5.10 Å². The minimum Gasteiger partial charge on any atom is -0.489 e. The molecule has 1 N–H and O–H groups in total. The highest BCUT2D eigenvalue weighted by Crippen LogP contribution is 2.15. The van der Waals surface area contributed by atoms with Crippen LogP contribution in [-0.4, -0.2) is 12.1 Å². The molecule has 0 saturated heterocycles. The number of nitrogens with one attached hydrogen (secondary N) is 1. The number of halogens is 2. The predicted octanol–water partition coefficient (Wildman–Crippen LogP) is 5.45. The van der Waals surface area contributed by atoms with Crippen molar-refractivity contribution in [2.45, 2.75) is 6.61 Å². The van der Waals surface area contributed by atoms with E-state index in [9.17, 15) is 4.79 Å². The molecule has 0 unspecified atom stereocenters. The number of ether oxygens (including phenoxy) is 1. The Balaban J connectivity index is 1.50. The Morgan fingerprint density at radius 1 is 1.00 bits per heavy atom. The van der Waals surface area contributed by atoms with Gasteiger partial charge in [-0.1, -0.05) is 39.7 Å². The van der Waals surface area contributed by atoms with Gasteiger partial charge in [-0.25, -0.2) is 5.43 Å². The molecule has 4 nitrogen and oxygen atoms in total. The maximum absolute atomic E-state index is 12.0. The summed E-state index contributed by atoms with van der Waals surface area (Å²) in [5, 5.41) is 4.69. The van der Waals surface area contributed by atoms with Gasteiger partial charge in [0, 0.05) is 15.1 Å². The minimum absolute atomic E-state index is 0.262. The van der Waals surface area contributed by atoms with Gasteiger partial charge in [-0.15, -0.1) is 0 Å². The summed E-state index contributed by atoms with van der Waals surface area (Å²) in [5.74, 6) is 0.489. The summed E-state index contributed by atoms with van der Waals surface area (Å²) >= 11 is 9.20. The van der Waals surface area contributed by atoms with Crippen molar-refractivity contribution in [3.8, 4) is 5.75 Å². The molecule has 0 atom stereocenters. The lowest BCUT2D eigenvalue weighted by molar-refractivity contribution is 0.0955. The second kappa shape index (κ2) is 9.35. The molecule has 0 aliphatic carbocycles. The van der Waals surface area contributed by atoms with Crippen LogP contribution in [0, 0.1) is 0 Å². The number of carbonyl (C=O) groups is 1. The molecule has 1 amide bonds. The third-order valence-electron chi connectivity index (χ3n) is 3.68. The van der Waals surface area contributed by atoms with Crippen LogP contribution < -0.4 is 10.2 Å². The summed E-state index contributed by atoms with van der Waals surface area (Å²) in [6.45, 7) is 0.466. The standard InChI is InChI=1S/C21H16BrClN2O2/c22-18-7-5-17(6-8-18)21(26)25-24-13-15-3-11-20(12-4-15)27-14-16-1-9-19(23)10-2-16/h1-13H,14H2,(H,25,26)/b24-13-. The summed E-state index contributed by atoms with van der Waals surface area (Å²) in [6, 6.07) is 22.0. The topological polar surface area (TPSA) is 50.7 Å². The molecule has 0 saturated carbocycles. The van der Waals surface area contributed by atoms with Gasteiger partial charge in [0.15, 0.2) is 0 Å². The van der Waals surface area contributed by atoms with Gasteiger partial charge in [-0.05, 0) is 71.8 Å². The first-order valence-corrected chi connectivity index (χ1v) is 9.33. The summed E-state index contributed by atoms with van der Waals surface area (Å²) in [6.07, 6.45) is 1.58. The third-order valence-corrected chi connectivity index (χ3v) is 4.47. The molecule has 0 aliphatic rings. The SMILES string of the molecule is O=C(N/N=C\c1ccc(OCc2ccc(Cl)cc2)cc1)c1ccc(Br)cc1. The summed E-state index contributed by atoms with van der Waals surface area (Å²) < 4.78 is 6.65. The van der Waals surface area contributed by atoms with Crippen molar-refractivity contribution in [1.29, 1.82) is 0 Å². The first kappa shape index (κ1) is 19.1. The van der Waals surface area contributed by atoms with E-state index in [1.54, 1.807) is 30.5 Å². The van der Waals surface area contributed by atoms with E-state index >= 15 is 0 Å². The van der Waals surface area contributed by atoms with Crippen LogP contribution in [0.2, 0.25) is 5.02 Å². The van der Waals surface area contributed by atoms with Gasteiger partial charge in [0.1, 0.15) is 12.4 Å². The third kappa shape index (κ3) is 5.94. The Labute approximate surface area is 171 Å². The number of hydrogen-bond acceptors (Lipinski definition) is 3. The largest absolute Gasteiger partial charge is 0.489 e. The lowest BCUT2D eigenvalue weighted by Crippen LogP contribution is -2.17. The molecule has 3 aromatic carbocycles. The molecular weight excluding hydrogens is 428 g/mol. The Bertz CT molecular complexity index is 924. The predicted molar refractivity (Wildman–Crippen MR) is 111 cm³/mol. The quantitative estimate of drug-likeness (QED) is 0.407. The Hall–Kier alpha value is -2.63. The van der Waals surface area contributed by atoms with E-state index in [4.69, 9.17) is 16.3 Å². The van der Waals surface area contributed by atoms with Crippen LogP contribution in [0.4, 0.5) is 0 Å². The zero-order chi connectivity index (χ0) is 19.1. The highest BCUT2D eigenvalue weighted by Gasteiger charge is 2.03. The summed E-state index contributed by atoms with van der Waals surface area (Å²) in [5.41, 5.74) is 4.94. The first-order valence-electron chi connectivity index (χ1n) is 8.16. The second-order valence-electron chi connectivity index (χ2n) is 5.69. The molecule has 0 radical (unpaired) electrons. The molecule has 136 valence electrons. The van der Waals surface area contributed by atoms with Crippen molar-refractivity contribution in [1.82, 2.24) is 5.43 Å². The first-order chi connectivity index (χ1) is 13.1. The molecule has 0 fully saturated rings. The van der Waals surface area contributed by atoms with Crippen LogP contribution in [0.1, 0.15) is 21.5 Å². The molecule has 0 aromatic heterocycles. The minimum atomic E-state index is -0.262. The molecule has 0 aliphatic heterocycles. The van der Waals surface area contributed by atoms with Crippen molar-refractivity contribution >= 4 is 39.7 Å². The van der Waals surface area contributed by atoms with Crippen LogP contribution in [0.5, 0.6) is 5.75 Å². The van der Waals surface area contributed by atoms with Crippen molar-refractivity contribution in [3.05, 3.63) is 99.0 Å². The maximum Gasteiger partial charge on any atom is 0.271 e. The van der Waals surface area contributed by atoms with E-state index in [1.807, 2.05) is 48.5 Å². The summed E-state index contributed by atoms with van der Waals surface area (Å²) in [7, 11) is 0. The second-order valence-corrected chi connectivity index (χ2v) is 7.04. The van der Waals surface area contributed by atoms with Gasteiger partial charge in [-0.3, -0.25) is 4.79 Å². The number of rotatable bonds is 6. The van der Waals surface area contributed by atoms with Gasteiger partial charge in [0.25, 0.3) is 5.91 Å². The van der Waals surface area contributed by atoms with E-state index in [2.05, 4.69) is 26.5 Å². The molecule has 0 heterocycles. The molecule has 0 bridgehead atoms. The molecule has 0 spiro atoms. The number of hydrazone groups is 1. The monoisotopic (exact) mass is 442 g/mol. The smallest absolute Gasteiger partial charge is 0.271 e. The van der Waals surface area contributed by atoms with Crippen LogP contribution in [-0.2, 0) is 6.61 Å². The van der Waals surface area contributed by atoms with E-state index in [0.717, 1.165) is 21.3 Å². The number of carbonyl (C=O) groups excluding carboxylic acids is 1. The van der Waals surface area contributed by atoms with Gasteiger partial charge >= 0.3 is 0 Å². The Kier molecular flexibility index (Phi) is 6.63. The fourth-order valence-corrected chi connectivity index (χ4v) is 2.62. The number of hydrogen-bond donors (Lipinski definition) is 1. The van der Waals surface area contributed by atoms with Crippen LogP contribution in [0.15, 0.2) is 82.4 Å². The van der Waals surface area contributed by atoms with Crippen molar-refractivity contribution < 1.29 is 9.53 Å². The molecular formula is C21H16BrClN2O2. The molecule has 3 aromatic rings. The lowest BCUT2D eigenvalue weighted by atomic mass is 10.2. The molecule has 27 heavy (non-hydrogen) atoms. The van der Waals surface area contributed by atoms with E-state index in [1.165, 1.54) is 0 Å². The zero-order valence-electron chi connectivity index (χ0n) is 14.2. The lowest BCUT2D eigenvalue weighted by Gasteiger charge is -2.06. The highest BCUT2D eigenvalue weighted by atomic mass is 79.9. The molecule has 3 rings (SSSR count). The number of benzene rings is 3.